The summed E-state index contributed by atoms with van der Waals surface area (Å²) >= 11 is 6.03. The van der Waals surface area contributed by atoms with Gasteiger partial charge in [-0.3, -0.25) is 9.79 Å². The summed E-state index contributed by atoms with van der Waals surface area (Å²) in [6.07, 6.45) is 0. The van der Waals surface area contributed by atoms with Gasteiger partial charge >= 0.3 is 0 Å². The van der Waals surface area contributed by atoms with Gasteiger partial charge in [0.25, 0.3) is 0 Å². The maximum Gasteiger partial charge on any atom is 0.225 e. The lowest BCUT2D eigenvalue weighted by molar-refractivity contribution is -0.128. The Morgan fingerprint density at radius 3 is 2.52 bits per heavy atom. The van der Waals surface area contributed by atoms with Crippen molar-refractivity contribution in [2.24, 2.45) is 10.4 Å². The lowest BCUT2D eigenvalue weighted by Crippen LogP contribution is -2.40. The highest BCUT2D eigenvalue weighted by Crippen LogP contribution is 2.13. The minimum Gasteiger partial charge on any atom is -0.357 e. The van der Waals surface area contributed by atoms with E-state index in [9.17, 15) is 4.79 Å². The van der Waals surface area contributed by atoms with Gasteiger partial charge in [0.1, 0.15) is 0 Å². The number of hydrogen-bond donors (Lipinski definition) is 2. The van der Waals surface area contributed by atoms with Crippen LogP contribution in [0.5, 0.6) is 0 Å². The highest BCUT2D eigenvalue weighted by atomic mass is 127. The summed E-state index contributed by atoms with van der Waals surface area (Å²) in [5, 5.41) is 6.90. The summed E-state index contributed by atoms with van der Waals surface area (Å²) in [4.78, 5) is 18.5. The predicted octanol–water partition coefficient (Wildman–Crippen LogP) is 3.52. The number of halogens is 2. The number of carbonyl (C=O) groups is 1. The lowest BCUT2D eigenvalue weighted by Gasteiger charge is -2.22. The number of nitrogens with one attached hydrogen (secondary N) is 2. The van der Waals surface area contributed by atoms with E-state index in [0.29, 0.717) is 19.6 Å². The first-order valence-corrected chi connectivity index (χ1v) is 8.64. The Bertz CT molecular complexity index is 572. The van der Waals surface area contributed by atoms with Crippen LogP contribution in [0.1, 0.15) is 33.3 Å². The molecule has 1 amide bonds. The molecule has 0 spiro atoms. The Balaban J connectivity index is 0.00000576. The molecule has 2 N–H and O–H groups in total. The van der Waals surface area contributed by atoms with Crippen LogP contribution in [0.4, 0.5) is 0 Å². The van der Waals surface area contributed by atoms with Gasteiger partial charge in [0, 0.05) is 37.1 Å². The smallest absolute Gasteiger partial charge is 0.225 e. The number of benzene rings is 1. The molecule has 1 rings (SSSR count). The van der Waals surface area contributed by atoms with Crippen LogP contribution in [0, 0.1) is 5.41 Å². The van der Waals surface area contributed by atoms with Gasteiger partial charge in [-0.2, -0.15) is 0 Å². The monoisotopic (exact) mass is 480 g/mol. The molecular formula is C18H30ClIN4O. The third-order valence-electron chi connectivity index (χ3n) is 3.35. The van der Waals surface area contributed by atoms with Crippen LogP contribution < -0.4 is 10.6 Å². The second-order valence-electron chi connectivity index (χ2n) is 6.73. The zero-order valence-electron chi connectivity index (χ0n) is 15.7. The molecule has 7 heteroatoms. The van der Waals surface area contributed by atoms with E-state index in [1.165, 1.54) is 0 Å². The average molecular weight is 481 g/mol. The van der Waals surface area contributed by atoms with Crippen LogP contribution in [0.25, 0.3) is 0 Å². The van der Waals surface area contributed by atoms with Gasteiger partial charge in [0.05, 0.1) is 6.54 Å². The molecule has 0 bridgehead atoms. The lowest BCUT2D eigenvalue weighted by atomic mass is 9.96. The zero-order chi connectivity index (χ0) is 18.2. The highest BCUT2D eigenvalue weighted by molar-refractivity contribution is 14.0. The maximum absolute atomic E-state index is 11.8. The largest absolute Gasteiger partial charge is 0.357 e. The van der Waals surface area contributed by atoms with Gasteiger partial charge in [-0.15, -0.1) is 24.0 Å². The highest BCUT2D eigenvalue weighted by Gasteiger charge is 2.20. The quantitative estimate of drug-likeness (QED) is 0.283. The molecule has 0 saturated carbocycles. The number of nitrogens with zero attached hydrogens (tertiary/aromatic N) is 2. The van der Waals surface area contributed by atoms with Crippen LogP contribution in [-0.4, -0.2) is 43.4 Å². The van der Waals surface area contributed by atoms with E-state index in [1.807, 2.05) is 63.9 Å². The van der Waals surface area contributed by atoms with Crippen molar-refractivity contribution in [1.82, 2.24) is 15.5 Å². The third-order valence-corrected chi connectivity index (χ3v) is 3.58. The first-order valence-electron chi connectivity index (χ1n) is 8.26. The number of amides is 1. The summed E-state index contributed by atoms with van der Waals surface area (Å²) in [6, 6.07) is 7.79. The SMILES string of the molecule is CCNC(=NCCNC(=O)C(C)(C)C)N(C)Cc1cccc(Cl)c1.I. The van der Waals surface area contributed by atoms with E-state index in [4.69, 9.17) is 11.6 Å². The van der Waals surface area contributed by atoms with Gasteiger partial charge in [0.15, 0.2) is 5.96 Å². The summed E-state index contributed by atoms with van der Waals surface area (Å²) in [7, 11) is 1.98. The van der Waals surface area contributed by atoms with Crippen molar-refractivity contribution in [3.63, 3.8) is 0 Å². The molecular weight excluding hydrogens is 451 g/mol. The van der Waals surface area contributed by atoms with E-state index < -0.39 is 0 Å². The number of aliphatic imine (C=N–C) groups is 1. The van der Waals surface area contributed by atoms with Crippen molar-refractivity contribution in [3.8, 4) is 0 Å². The molecule has 142 valence electrons. The predicted molar refractivity (Wildman–Crippen MR) is 117 cm³/mol. The summed E-state index contributed by atoms with van der Waals surface area (Å²) in [6.45, 7) is 10.3. The fourth-order valence-corrected chi connectivity index (χ4v) is 2.26. The van der Waals surface area contributed by atoms with Crippen molar-refractivity contribution >= 4 is 47.4 Å². The van der Waals surface area contributed by atoms with Gasteiger partial charge < -0.3 is 15.5 Å². The van der Waals surface area contributed by atoms with Crippen LogP contribution in [0.2, 0.25) is 5.02 Å². The average Bonchev–Trinajstić information content (AvgIpc) is 2.49. The number of rotatable bonds is 6. The van der Waals surface area contributed by atoms with E-state index in [2.05, 4.69) is 15.6 Å². The van der Waals surface area contributed by atoms with Gasteiger partial charge in [-0.1, -0.05) is 44.5 Å². The molecule has 0 atom stereocenters. The molecule has 0 aliphatic rings. The second kappa shape index (κ2) is 11.6. The maximum atomic E-state index is 11.8. The molecule has 0 aliphatic carbocycles. The van der Waals surface area contributed by atoms with Crippen molar-refractivity contribution in [2.75, 3.05) is 26.7 Å². The second-order valence-corrected chi connectivity index (χ2v) is 7.16. The fraction of sp³-hybridized carbons (Fsp3) is 0.556. The Kier molecular flexibility index (Phi) is 11.1. The topological polar surface area (TPSA) is 56.7 Å². The van der Waals surface area contributed by atoms with E-state index in [1.54, 1.807) is 0 Å². The van der Waals surface area contributed by atoms with Crippen molar-refractivity contribution < 1.29 is 4.79 Å². The number of hydrogen-bond acceptors (Lipinski definition) is 2. The third kappa shape index (κ3) is 9.30. The van der Waals surface area contributed by atoms with E-state index >= 15 is 0 Å². The number of guanidine groups is 1. The van der Waals surface area contributed by atoms with Gasteiger partial charge in [-0.05, 0) is 24.6 Å². The Labute approximate surface area is 173 Å². The van der Waals surface area contributed by atoms with Crippen molar-refractivity contribution in [1.29, 1.82) is 0 Å². The minimum absolute atomic E-state index is 0. The Hall–Kier alpha value is -1.02. The Morgan fingerprint density at radius 2 is 1.96 bits per heavy atom. The Morgan fingerprint density at radius 1 is 1.28 bits per heavy atom. The molecule has 0 fully saturated rings. The number of carbonyl (C=O) groups excluding carboxylic acids is 1. The summed E-state index contributed by atoms with van der Waals surface area (Å²) < 4.78 is 0. The first kappa shape index (κ1) is 24.0. The first-order chi connectivity index (χ1) is 11.2. The molecule has 0 unspecified atom stereocenters. The van der Waals surface area contributed by atoms with Gasteiger partial charge in [0.2, 0.25) is 5.91 Å². The van der Waals surface area contributed by atoms with Crippen LogP contribution in [-0.2, 0) is 11.3 Å². The molecule has 0 aromatic heterocycles. The van der Waals surface area contributed by atoms with Crippen LogP contribution >= 0.6 is 35.6 Å². The summed E-state index contributed by atoms with van der Waals surface area (Å²) in [5.74, 6) is 0.845. The summed E-state index contributed by atoms with van der Waals surface area (Å²) in [5.41, 5.74) is 0.744. The van der Waals surface area contributed by atoms with Gasteiger partial charge in [-0.25, -0.2) is 0 Å². The molecule has 0 heterocycles. The zero-order valence-corrected chi connectivity index (χ0v) is 18.8. The van der Waals surface area contributed by atoms with Crippen LogP contribution in [0.15, 0.2) is 29.3 Å². The standard InChI is InChI=1S/C18H29ClN4O.HI/c1-6-20-17(22-11-10-21-16(24)18(2,3)4)23(5)13-14-8-7-9-15(19)12-14;/h7-9,12H,6,10-11,13H2,1-5H3,(H,20,22)(H,21,24);1H. The van der Waals surface area contributed by atoms with Crippen molar-refractivity contribution in [2.45, 2.75) is 34.2 Å². The molecule has 0 saturated heterocycles. The fourth-order valence-electron chi connectivity index (χ4n) is 2.05. The van der Waals surface area contributed by atoms with Crippen molar-refractivity contribution in [3.05, 3.63) is 34.9 Å². The molecule has 25 heavy (non-hydrogen) atoms. The molecule has 0 radical (unpaired) electrons. The van der Waals surface area contributed by atoms with Crippen LogP contribution in [0.3, 0.4) is 0 Å². The molecule has 1 aromatic carbocycles. The molecule has 5 nitrogen and oxygen atoms in total. The molecule has 0 aliphatic heterocycles. The minimum atomic E-state index is -0.377. The van der Waals surface area contributed by atoms with E-state index in [-0.39, 0.29) is 35.3 Å². The molecule has 1 aromatic rings. The normalized spacial score (nSPS) is 11.5. The van der Waals surface area contributed by atoms with E-state index in [0.717, 1.165) is 23.1 Å².